The maximum atomic E-state index is 2.49. The second kappa shape index (κ2) is 5.48. The van der Waals surface area contributed by atoms with Crippen LogP contribution in [0.15, 0.2) is 11.8 Å². The third kappa shape index (κ3) is 6.88. The Balaban J connectivity index is 4.10. The quantitative estimate of drug-likeness (QED) is 0.612. The highest BCUT2D eigenvalue weighted by atomic mass is 28.3. The van der Waals surface area contributed by atoms with Gasteiger partial charge in [0.25, 0.3) is 0 Å². The van der Waals surface area contributed by atoms with E-state index in [-0.39, 0.29) is 0 Å². The lowest BCUT2D eigenvalue weighted by molar-refractivity contribution is 0.558. The summed E-state index contributed by atoms with van der Waals surface area (Å²) in [6.45, 7) is 9.52. The Morgan fingerprint density at radius 2 is 1.85 bits per heavy atom. The van der Waals surface area contributed by atoms with Gasteiger partial charge in [0.1, 0.15) is 0 Å². The van der Waals surface area contributed by atoms with E-state index in [0.29, 0.717) is 0 Å². The zero-order valence-electron chi connectivity index (χ0n) is 10.1. The van der Waals surface area contributed by atoms with Crippen LogP contribution in [0.3, 0.4) is 0 Å². The lowest BCUT2D eigenvalue weighted by atomic mass is 10.4. The van der Waals surface area contributed by atoms with Crippen molar-refractivity contribution in [3.8, 4) is 0 Å². The van der Waals surface area contributed by atoms with E-state index >= 15 is 0 Å². The predicted molar refractivity (Wildman–Crippen MR) is 64.8 cm³/mol. The molecule has 0 unspecified atom stereocenters. The molecule has 0 saturated carbocycles. The first-order valence-corrected chi connectivity index (χ1v) is 8.62. The molecule has 78 valence electrons. The van der Waals surface area contributed by atoms with Crippen molar-refractivity contribution in [2.75, 3.05) is 14.1 Å². The number of hydrogen-bond donors (Lipinski definition) is 0. The normalized spacial score (nSPS) is 13.2. The molecule has 2 heteroatoms. The van der Waals surface area contributed by atoms with Gasteiger partial charge >= 0.3 is 0 Å². The number of rotatable bonds is 5. The van der Waals surface area contributed by atoms with Crippen molar-refractivity contribution < 1.29 is 0 Å². The van der Waals surface area contributed by atoms with Crippen LogP contribution in [-0.2, 0) is 0 Å². The van der Waals surface area contributed by atoms with Crippen molar-refractivity contribution >= 4 is 8.07 Å². The molecule has 0 N–H and O–H groups in total. The molecule has 0 aromatic carbocycles. The summed E-state index contributed by atoms with van der Waals surface area (Å²) in [6.07, 6.45) is 3.60. The van der Waals surface area contributed by atoms with Crippen molar-refractivity contribution in [3.05, 3.63) is 11.8 Å². The summed E-state index contributed by atoms with van der Waals surface area (Å²) < 4.78 is 0. The molecule has 0 atom stereocenters. The summed E-state index contributed by atoms with van der Waals surface area (Å²) in [5, 5.41) is 0. The largest absolute Gasteiger partial charge is 0.384 e. The second-order valence-electron chi connectivity index (χ2n) is 5.03. The van der Waals surface area contributed by atoms with E-state index in [0.717, 1.165) is 0 Å². The zero-order chi connectivity index (χ0) is 10.5. The Labute approximate surface area is 84.8 Å². The van der Waals surface area contributed by atoms with Gasteiger partial charge in [0.2, 0.25) is 0 Å². The van der Waals surface area contributed by atoms with Crippen molar-refractivity contribution in [2.24, 2.45) is 0 Å². The molecule has 0 aliphatic carbocycles. The standard InChI is InChI=1S/C11H25NSi/c1-7-8-13(5,6)10-11(2)9-12(3)4/h9H,7-8,10H2,1-6H3. The van der Waals surface area contributed by atoms with Gasteiger partial charge in [0.05, 0.1) is 8.07 Å². The maximum absolute atomic E-state index is 2.49. The number of hydrogen-bond acceptors (Lipinski definition) is 1. The minimum Gasteiger partial charge on any atom is -0.384 e. The average molecular weight is 199 g/mol. The van der Waals surface area contributed by atoms with Crippen LogP contribution in [-0.4, -0.2) is 27.1 Å². The number of nitrogens with zero attached hydrogens (tertiary/aromatic N) is 1. The Hall–Kier alpha value is -0.243. The van der Waals surface area contributed by atoms with E-state index in [4.69, 9.17) is 0 Å². The van der Waals surface area contributed by atoms with E-state index < -0.39 is 8.07 Å². The Bertz CT molecular complexity index is 171. The summed E-state index contributed by atoms with van der Waals surface area (Å²) >= 11 is 0. The molecule has 13 heavy (non-hydrogen) atoms. The van der Waals surface area contributed by atoms with Crippen LogP contribution in [0.5, 0.6) is 0 Å². The fourth-order valence-corrected chi connectivity index (χ4v) is 5.14. The van der Waals surface area contributed by atoms with Gasteiger partial charge in [0.15, 0.2) is 0 Å². The van der Waals surface area contributed by atoms with E-state index in [9.17, 15) is 0 Å². The van der Waals surface area contributed by atoms with E-state index in [1.54, 1.807) is 0 Å². The molecule has 1 nitrogen and oxygen atoms in total. The molecule has 0 rings (SSSR count). The van der Waals surface area contributed by atoms with Crippen LogP contribution in [0.4, 0.5) is 0 Å². The zero-order valence-corrected chi connectivity index (χ0v) is 11.1. The van der Waals surface area contributed by atoms with Crippen LogP contribution in [0, 0.1) is 0 Å². The summed E-state index contributed by atoms with van der Waals surface area (Å²) in [5.41, 5.74) is 1.54. The van der Waals surface area contributed by atoms with Crippen LogP contribution in [0.2, 0.25) is 25.2 Å². The highest BCUT2D eigenvalue weighted by Gasteiger charge is 2.19. The molecule has 0 heterocycles. The minimum absolute atomic E-state index is 0.928. The van der Waals surface area contributed by atoms with Crippen molar-refractivity contribution in [1.82, 2.24) is 4.90 Å². The number of allylic oxidation sites excluding steroid dienone is 1. The van der Waals surface area contributed by atoms with Gasteiger partial charge in [-0.3, -0.25) is 0 Å². The highest BCUT2D eigenvalue weighted by Crippen LogP contribution is 2.21. The summed E-state index contributed by atoms with van der Waals surface area (Å²) in [6, 6.07) is 2.80. The third-order valence-corrected chi connectivity index (χ3v) is 5.53. The smallest absolute Gasteiger partial charge is 0.0514 e. The molecule has 0 spiro atoms. The van der Waals surface area contributed by atoms with Gasteiger partial charge in [-0.05, 0) is 19.2 Å². The molecule has 0 fully saturated rings. The van der Waals surface area contributed by atoms with E-state index in [1.807, 2.05) is 0 Å². The molecule has 0 aliphatic rings. The average Bonchev–Trinajstić information content (AvgIpc) is 1.81. The fourth-order valence-electron chi connectivity index (χ4n) is 2.01. The SMILES string of the molecule is CCC[Si](C)(C)CC(C)=CN(C)C. The minimum atomic E-state index is -0.928. The van der Waals surface area contributed by atoms with Crippen LogP contribution in [0.25, 0.3) is 0 Å². The van der Waals surface area contributed by atoms with E-state index in [1.165, 1.54) is 24.1 Å². The monoisotopic (exact) mass is 199 g/mol. The topological polar surface area (TPSA) is 3.24 Å². The second-order valence-corrected chi connectivity index (χ2v) is 10.2. The van der Waals surface area contributed by atoms with Gasteiger partial charge in [-0.2, -0.15) is 0 Å². The maximum Gasteiger partial charge on any atom is 0.0514 e. The van der Waals surface area contributed by atoms with Crippen molar-refractivity contribution in [3.63, 3.8) is 0 Å². The van der Waals surface area contributed by atoms with Crippen molar-refractivity contribution in [1.29, 1.82) is 0 Å². The Morgan fingerprint density at radius 1 is 1.31 bits per heavy atom. The van der Waals surface area contributed by atoms with Gasteiger partial charge in [-0.1, -0.05) is 38.1 Å². The van der Waals surface area contributed by atoms with E-state index in [2.05, 4.69) is 52.1 Å². The molecule has 0 bridgehead atoms. The third-order valence-electron chi connectivity index (χ3n) is 2.16. The lowest BCUT2D eigenvalue weighted by Gasteiger charge is -2.22. The first kappa shape index (κ1) is 12.8. The van der Waals surface area contributed by atoms with Gasteiger partial charge in [-0.25, -0.2) is 0 Å². The molecule has 0 aromatic rings. The first-order chi connectivity index (χ1) is 5.87. The summed E-state index contributed by atoms with van der Waals surface area (Å²) in [5.74, 6) is 0. The summed E-state index contributed by atoms with van der Waals surface area (Å²) in [4.78, 5) is 2.14. The molecule has 0 aromatic heterocycles. The highest BCUT2D eigenvalue weighted by molar-refractivity contribution is 6.77. The summed E-state index contributed by atoms with van der Waals surface area (Å²) in [7, 11) is 3.26. The van der Waals surface area contributed by atoms with Crippen LogP contribution < -0.4 is 0 Å². The van der Waals surface area contributed by atoms with Gasteiger partial charge < -0.3 is 4.90 Å². The molecular formula is C11H25NSi. The van der Waals surface area contributed by atoms with Gasteiger partial charge in [-0.15, -0.1) is 0 Å². The lowest BCUT2D eigenvalue weighted by Crippen LogP contribution is -2.25. The van der Waals surface area contributed by atoms with Crippen molar-refractivity contribution in [2.45, 2.75) is 45.5 Å². The molecule has 0 amide bonds. The Kier molecular flexibility index (Phi) is 5.38. The van der Waals surface area contributed by atoms with Crippen LogP contribution in [0.1, 0.15) is 20.3 Å². The molecule has 0 saturated heterocycles. The fraction of sp³-hybridized carbons (Fsp3) is 0.818. The van der Waals surface area contributed by atoms with Gasteiger partial charge in [0, 0.05) is 14.1 Å². The first-order valence-electron chi connectivity index (χ1n) is 5.21. The predicted octanol–water partition coefficient (Wildman–Crippen LogP) is 3.57. The Morgan fingerprint density at radius 3 is 2.23 bits per heavy atom. The van der Waals surface area contributed by atoms with Crippen LogP contribution >= 0.6 is 0 Å². The molecular weight excluding hydrogens is 174 g/mol. The molecule has 0 radical (unpaired) electrons. The molecule has 0 aliphatic heterocycles.